The molecular formula is C34H43ClNO4P. The molecule has 1 fully saturated rings. The van der Waals surface area contributed by atoms with Crippen molar-refractivity contribution in [1.82, 2.24) is 0 Å². The van der Waals surface area contributed by atoms with Crippen molar-refractivity contribution in [2.24, 2.45) is 5.73 Å². The van der Waals surface area contributed by atoms with E-state index in [1.54, 1.807) is 0 Å². The second kappa shape index (κ2) is 17.0. The molecule has 7 heteroatoms. The fraction of sp³-hybridized carbons (Fsp3) is 0.441. The van der Waals surface area contributed by atoms with Crippen molar-refractivity contribution in [2.45, 2.75) is 62.6 Å². The molecule has 0 aromatic heterocycles. The second-order valence-electron chi connectivity index (χ2n) is 10.6. The Labute approximate surface area is 251 Å². The molecule has 3 aromatic rings. The van der Waals surface area contributed by atoms with E-state index < -0.39 is 11.6 Å². The fourth-order valence-corrected chi connectivity index (χ4v) is 7.34. The summed E-state index contributed by atoms with van der Waals surface area (Å²) in [6, 6.07) is 26.0. The first kappa shape index (κ1) is 31.7. The van der Waals surface area contributed by atoms with Crippen LogP contribution in [0.1, 0.15) is 68.1 Å². The molecule has 0 amide bonds. The average Bonchev–Trinajstić information content (AvgIpc) is 3.13. The third-order valence-electron chi connectivity index (χ3n) is 7.57. The van der Waals surface area contributed by atoms with Gasteiger partial charge in [0.1, 0.15) is 6.61 Å². The molecule has 2 atom stereocenters. The van der Waals surface area contributed by atoms with E-state index in [0.29, 0.717) is 30.3 Å². The van der Waals surface area contributed by atoms with Crippen LogP contribution in [0.25, 0.3) is 0 Å². The van der Waals surface area contributed by atoms with Gasteiger partial charge in [0.25, 0.3) is 0 Å². The first-order valence-corrected chi connectivity index (χ1v) is 16.3. The molecule has 41 heavy (non-hydrogen) atoms. The van der Waals surface area contributed by atoms with Crippen molar-refractivity contribution in [1.29, 1.82) is 0 Å². The van der Waals surface area contributed by atoms with Gasteiger partial charge in [-0.15, -0.1) is 0 Å². The minimum Gasteiger partial charge on any atom is -0.442 e. The van der Waals surface area contributed by atoms with E-state index >= 15 is 0 Å². The highest BCUT2D eigenvalue weighted by molar-refractivity contribution is 7.48. The van der Waals surface area contributed by atoms with Crippen LogP contribution in [-0.4, -0.2) is 44.6 Å². The van der Waals surface area contributed by atoms with Crippen LogP contribution in [0.2, 0.25) is 5.02 Å². The fourth-order valence-electron chi connectivity index (χ4n) is 5.54. The summed E-state index contributed by atoms with van der Waals surface area (Å²) < 4.78 is 17.4. The topological polar surface area (TPSA) is 70.8 Å². The average molecular weight is 596 g/mol. The summed E-state index contributed by atoms with van der Waals surface area (Å²) in [6.07, 6.45) is 10.7. The summed E-state index contributed by atoms with van der Waals surface area (Å²) in [5.41, 5.74) is 7.34. The number of halogens is 1. The second-order valence-corrected chi connectivity index (χ2v) is 12.7. The van der Waals surface area contributed by atoms with Crippen molar-refractivity contribution < 1.29 is 19.0 Å². The van der Waals surface area contributed by atoms with Gasteiger partial charge in [0.2, 0.25) is 0 Å². The van der Waals surface area contributed by atoms with Gasteiger partial charge >= 0.3 is 5.97 Å². The van der Waals surface area contributed by atoms with Gasteiger partial charge in [-0.2, -0.15) is 0 Å². The number of benzene rings is 3. The summed E-state index contributed by atoms with van der Waals surface area (Å²) in [6.45, 7) is 1.33. The van der Waals surface area contributed by atoms with E-state index in [9.17, 15) is 4.79 Å². The lowest BCUT2D eigenvalue weighted by Crippen LogP contribution is -2.37. The van der Waals surface area contributed by atoms with Crippen molar-refractivity contribution in [3.8, 4) is 0 Å². The van der Waals surface area contributed by atoms with E-state index in [4.69, 9.17) is 31.5 Å². The monoisotopic (exact) mass is 595 g/mol. The van der Waals surface area contributed by atoms with E-state index in [-0.39, 0.29) is 13.2 Å². The van der Waals surface area contributed by atoms with Gasteiger partial charge in [-0.05, 0) is 29.9 Å². The van der Waals surface area contributed by atoms with Crippen LogP contribution in [0.3, 0.4) is 0 Å². The van der Waals surface area contributed by atoms with Crippen LogP contribution in [-0.2, 0) is 24.6 Å². The first-order chi connectivity index (χ1) is 20.1. The minimum absolute atomic E-state index is 0.202. The van der Waals surface area contributed by atoms with Crippen LogP contribution < -0.4 is 11.0 Å². The number of esters is 1. The molecule has 0 radical (unpaired) electrons. The maximum absolute atomic E-state index is 13.3. The zero-order valence-electron chi connectivity index (χ0n) is 23.9. The van der Waals surface area contributed by atoms with Gasteiger partial charge in [-0.1, -0.05) is 132 Å². The molecular weight excluding hydrogens is 553 g/mol. The van der Waals surface area contributed by atoms with Crippen LogP contribution in [0.5, 0.6) is 0 Å². The van der Waals surface area contributed by atoms with E-state index in [0.717, 1.165) is 25.4 Å². The van der Waals surface area contributed by atoms with Crippen LogP contribution in [0.4, 0.5) is 0 Å². The Morgan fingerprint density at radius 1 is 0.780 bits per heavy atom. The molecule has 0 saturated heterocycles. The van der Waals surface area contributed by atoms with Gasteiger partial charge in [0, 0.05) is 28.3 Å². The number of nitrogens with two attached hydrogens (primary N) is 1. The number of carbonyl (C=O) groups excluding carboxylic acids is 1. The quantitative estimate of drug-likeness (QED) is 0.1000. The Hall–Kier alpha value is -2.27. The highest BCUT2D eigenvalue weighted by Crippen LogP contribution is 2.43. The SMILES string of the molecule is NCCOCCOCC(=O)OC(c1ccccc1)(c1ccc(PC2CCCCCCCC2)cc1)c1ccccc1Cl. The van der Waals surface area contributed by atoms with Gasteiger partial charge in [0.15, 0.2) is 5.60 Å². The minimum atomic E-state index is -1.24. The normalized spacial score (nSPS) is 16.5. The van der Waals surface area contributed by atoms with Crippen LogP contribution in [0, 0.1) is 0 Å². The zero-order valence-corrected chi connectivity index (χ0v) is 25.6. The molecule has 1 aliphatic rings. The highest BCUT2D eigenvalue weighted by atomic mass is 35.5. The molecule has 0 heterocycles. The van der Waals surface area contributed by atoms with Crippen LogP contribution >= 0.6 is 20.2 Å². The lowest BCUT2D eigenvalue weighted by Gasteiger charge is -2.36. The third-order valence-corrected chi connectivity index (χ3v) is 9.55. The molecule has 1 saturated carbocycles. The summed E-state index contributed by atoms with van der Waals surface area (Å²) in [4.78, 5) is 13.3. The molecule has 1 aliphatic carbocycles. The summed E-state index contributed by atoms with van der Waals surface area (Å²) in [5, 5.41) is 1.86. The van der Waals surface area contributed by atoms with E-state index in [1.807, 2.05) is 54.6 Å². The van der Waals surface area contributed by atoms with Gasteiger partial charge in [0.05, 0.1) is 19.8 Å². The molecule has 220 valence electrons. The number of hydrogen-bond donors (Lipinski definition) is 1. The Kier molecular flexibility index (Phi) is 13.1. The van der Waals surface area contributed by atoms with Crippen LogP contribution in [0.15, 0.2) is 78.9 Å². The molecule has 0 spiro atoms. The van der Waals surface area contributed by atoms with Crippen molar-refractivity contribution in [3.63, 3.8) is 0 Å². The largest absolute Gasteiger partial charge is 0.442 e. The summed E-state index contributed by atoms with van der Waals surface area (Å²) in [5.74, 6) is -0.482. The van der Waals surface area contributed by atoms with E-state index in [2.05, 4.69) is 24.3 Å². The summed E-state index contributed by atoms with van der Waals surface area (Å²) in [7, 11) is 0.775. The Balaban J connectivity index is 1.63. The molecule has 3 aromatic carbocycles. The maximum atomic E-state index is 13.3. The predicted molar refractivity (Wildman–Crippen MR) is 170 cm³/mol. The van der Waals surface area contributed by atoms with Crippen molar-refractivity contribution >= 4 is 31.5 Å². The number of hydrogen-bond acceptors (Lipinski definition) is 5. The highest BCUT2D eigenvalue weighted by Gasteiger charge is 2.42. The Morgan fingerprint density at radius 3 is 2.07 bits per heavy atom. The van der Waals surface area contributed by atoms with Gasteiger partial charge in [-0.3, -0.25) is 0 Å². The molecule has 2 unspecified atom stereocenters. The lowest BCUT2D eigenvalue weighted by atomic mass is 9.80. The smallest absolute Gasteiger partial charge is 0.333 e. The number of rotatable bonds is 13. The van der Waals surface area contributed by atoms with Gasteiger partial charge in [-0.25, -0.2) is 4.79 Å². The molecule has 4 rings (SSSR count). The van der Waals surface area contributed by atoms with Crippen molar-refractivity contribution in [3.05, 3.63) is 101 Å². The van der Waals surface area contributed by atoms with E-state index in [1.165, 1.54) is 56.7 Å². The number of carbonyl (C=O) groups is 1. The maximum Gasteiger partial charge on any atom is 0.333 e. The lowest BCUT2D eigenvalue weighted by molar-refractivity contribution is -0.159. The van der Waals surface area contributed by atoms with Crippen molar-refractivity contribution in [2.75, 3.05) is 33.0 Å². The third kappa shape index (κ3) is 9.11. The standard InChI is InChI=1S/C34H43ClNO4P/c35-32-17-11-10-16-31(32)34(27-12-6-5-7-13-27,40-33(37)26-39-25-24-38-23-22-36)28-18-20-30(21-19-28)41-29-14-8-3-1-2-4-9-15-29/h5-7,10-13,16-21,29,41H,1-4,8-9,14-15,22-26,36H2. The molecule has 5 nitrogen and oxygen atoms in total. The summed E-state index contributed by atoms with van der Waals surface area (Å²) >= 11 is 6.82. The first-order valence-electron chi connectivity index (χ1n) is 14.9. The molecule has 0 aliphatic heterocycles. The number of ether oxygens (including phenoxy) is 3. The van der Waals surface area contributed by atoms with Gasteiger partial charge < -0.3 is 19.9 Å². The Morgan fingerprint density at radius 2 is 1.39 bits per heavy atom. The molecule has 2 N–H and O–H groups in total. The predicted octanol–water partition coefficient (Wildman–Crippen LogP) is 6.97. The molecule has 0 bridgehead atoms. The zero-order chi connectivity index (χ0) is 28.8. The Bertz CT molecular complexity index is 1180.